The van der Waals surface area contributed by atoms with Crippen LogP contribution >= 0.6 is 11.6 Å². The Morgan fingerprint density at radius 2 is 1.71 bits per heavy atom. The first-order chi connectivity index (χ1) is 14.8. The van der Waals surface area contributed by atoms with Gasteiger partial charge < -0.3 is 15.4 Å². The van der Waals surface area contributed by atoms with Crippen LogP contribution in [0.25, 0.3) is 0 Å². The van der Waals surface area contributed by atoms with Crippen molar-refractivity contribution in [3.63, 3.8) is 0 Å². The van der Waals surface area contributed by atoms with E-state index in [1.54, 1.807) is 36.4 Å². The second-order valence-electron chi connectivity index (χ2n) is 7.18. The van der Waals surface area contributed by atoms with E-state index in [0.717, 1.165) is 5.56 Å². The van der Waals surface area contributed by atoms with Gasteiger partial charge in [-0.2, -0.15) is 0 Å². The van der Waals surface area contributed by atoms with Crippen LogP contribution in [-0.2, 0) is 20.7 Å². The molecule has 2 amide bonds. The largest absolute Gasteiger partial charge is 0.454 e. The summed E-state index contributed by atoms with van der Waals surface area (Å²) in [5, 5.41) is 5.82. The van der Waals surface area contributed by atoms with Gasteiger partial charge in [-0.3, -0.25) is 9.59 Å². The molecule has 0 aliphatic heterocycles. The summed E-state index contributed by atoms with van der Waals surface area (Å²) >= 11 is 5.83. The van der Waals surface area contributed by atoms with Crippen molar-refractivity contribution in [2.24, 2.45) is 5.92 Å². The zero-order valence-corrected chi connectivity index (χ0v) is 18.2. The lowest BCUT2D eigenvalue weighted by Crippen LogP contribution is -2.46. The molecule has 0 aliphatic rings. The van der Waals surface area contributed by atoms with Crippen molar-refractivity contribution in [3.05, 3.63) is 70.5 Å². The van der Waals surface area contributed by atoms with Crippen LogP contribution < -0.4 is 10.6 Å². The van der Waals surface area contributed by atoms with Crippen LogP contribution in [0.1, 0.15) is 36.2 Å². The second kappa shape index (κ2) is 12.1. The second-order valence-corrected chi connectivity index (χ2v) is 7.61. The molecule has 0 aliphatic carbocycles. The molecule has 6 nitrogen and oxygen atoms in total. The number of benzene rings is 2. The Balaban J connectivity index is 1.83. The van der Waals surface area contributed by atoms with Gasteiger partial charge in [-0.1, -0.05) is 44.0 Å². The molecule has 2 aromatic carbocycles. The van der Waals surface area contributed by atoms with E-state index in [0.29, 0.717) is 30.0 Å². The lowest BCUT2D eigenvalue weighted by atomic mass is 9.99. The Labute approximate surface area is 186 Å². The number of rotatable bonds is 10. The quantitative estimate of drug-likeness (QED) is 0.544. The average molecular weight is 449 g/mol. The molecule has 0 bridgehead atoms. The van der Waals surface area contributed by atoms with Gasteiger partial charge in [0, 0.05) is 17.1 Å². The summed E-state index contributed by atoms with van der Waals surface area (Å²) in [6.45, 7) is 3.58. The number of esters is 1. The Bertz CT molecular complexity index is 887. The Hall–Kier alpha value is -2.93. The van der Waals surface area contributed by atoms with Gasteiger partial charge in [-0.15, -0.1) is 0 Å². The molecule has 166 valence electrons. The van der Waals surface area contributed by atoms with E-state index in [1.165, 1.54) is 12.1 Å². The molecule has 0 radical (unpaired) electrons. The predicted octanol–water partition coefficient (Wildman–Crippen LogP) is 3.53. The van der Waals surface area contributed by atoms with E-state index in [9.17, 15) is 18.8 Å². The highest BCUT2D eigenvalue weighted by molar-refractivity contribution is 6.30. The number of amides is 2. The molecule has 0 saturated carbocycles. The summed E-state index contributed by atoms with van der Waals surface area (Å²) in [6.07, 6.45) is 1.15. The Morgan fingerprint density at radius 1 is 1.06 bits per heavy atom. The summed E-state index contributed by atoms with van der Waals surface area (Å²) in [5.74, 6) is -2.07. The van der Waals surface area contributed by atoms with Crippen molar-refractivity contribution in [1.82, 2.24) is 10.6 Å². The van der Waals surface area contributed by atoms with Crippen molar-refractivity contribution < 1.29 is 23.5 Å². The van der Waals surface area contributed by atoms with Crippen molar-refractivity contribution >= 4 is 29.4 Å². The summed E-state index contributed by atoms with van der Waals surface area (Å²) in [5.41, 5.74) is 1.24. The van der Waals surface area contributed by atoms with Gasteiger partial charge in [0.2, 0.25) is 0 Å². The number of carbonyl (C=O) groups is 3. The lowest BCUT2D eigenvalue weighted by molar-refractivity contribution is -0.151. The molecule has 0 aromatic heterocycles. The molecule has 0 spiro atoms. The van der Waals surface area contributed by atoms with E-state index in [2.05, 4.69) is 10.6 Å². The third kappa shape index (κ3) is 8.02. The third-order valence-corrected chi connectivity index (χ3v) is 5.11. The SMILES string of the molecule is CC[C@H](C)[C@H](NC(=O)c1ccc(Cl)cc1)C(=O)OCC(=O)NCCc1ccc(F)cc1. The van der Waals surface area contributed by atoms with Crippen LogP contribution in [0.2, 0.25) is 5.02 Å². The minimum Gasteiger partial charge on any atom is -0.454 e. The van der Waals surface area contributed by atoms with E-state index in [1.807, 2.05) is 13.8 Å². The van der Waals surface area contributed by atoms with Gasteiger partial charge in [0.1, 0.15) is 11.9 Å². The first kappa shape index (κ1) is 24.3. The van der Waals surface area contributed by atoms with Crippen LogP contribution in [-0.4, -0.2) is 37.0 Å². The maximum atomic E-state index is 12.9. The molecule has 2 N–H and O–H groups in total. The molecular formula is C23H26ClFN2O4. The number of nitrogens with one attached hydrogen (secondary N) is 2. The molecule has 2 rings (SSSR count). The average Bonchev–Trinajstić information content (AvgIpc) is 2.77. The molecular weight excluding hydrogens is 423 g/mol. The highest BCUT2D eigenvalue weighted by Crippen LogP contribution is 2.13. The summed E-state index contributed by atoms with van der Waals surface area (Å²) < 4.78 is 18.0. The molecule has 31 heavy (non-hydrogen) atoms. The monoisotopic (exact) mass is 448 g/mol. The van der Waals surface area contributed by atoms with Gasteiger partial charge in [-0.05, 0) is 54.3 Å². The highest BCUT2D eigenvalue weighted by atomic mass is 35.5. The summed E-state index contributed by atoms with van der Waals surface area (Å²) in [7, 11) is 0. The number of halogens is 2. The highest BCUT2D eigenvalue weighted by Gasteiger charge is 2.28. The van der Waals surface area contributed by atoms with E-state index in [-0.39, 0.29) is 11.7 Å². The number of hydrogen-bond acceptors (Lipinski definition) is 4. The zero-order valence-electron chi connectivity index (χ0n) is 17.5. The van der Waals surface area contributed by atoms with Crippen LogP contribution in [0.5, 0.6) is 0 Å². The fourth-order valence-electron chi connectivity index (χ4n) is 2.77. The van der Waals surface area contributed by atoms with Gasteiger partial charge >= 0.3 is 5.97 Å². The third-order valence-electron chi connectivity index (χ3n) is 4.85. The fraction of sp³-hybridized carbons (Fsp3) is 0.348. The van der Waals surface area contributed by atoms with Crippen molar-refractivity contribution in [2.75, 3.05) is 13.2 Å². The first-order valence-electron chi connectivity index (χ1n) is 10.0. The molecule has 0 fully saturated rings. The first-order valence-corrected chi connectivity index (χ1v) is 10.4. The minimum atomic E-state index is -0.889. The Kier molecular flexibility index (Phi) is 9.46. The maximum Gasteiger partial charge on any atom is 0.329 e. The normalized spacial score (nSPS) is 12.5. The lowest BCUT2D eigenvalue weighted by Gasteiger charge is -2.22. The molecule has 0 unspecified atom stereocenters. The van der Waals surface area contributed by atoms with Crippen LogP contribution in [0.15, 0.2) is 48.5 Å². The van der Waals surface area contributed by atoms with E-state index < -0.39 is 30.4 Å². The van der Waals surface area contributed by atoms with E-state index in [4.69, 9.17) is 16.3 Å². The van der Waals surface area contributed by atoms with Crippen LogP contribution in [0, 0.1) is 11.7 Å². The van der Waals surface area contributed by atoms with Gasteiger partial charge in [0.15, 0.2) is 6.61 Å². The number of ether oxygens (including phenoxy) is 1. The molecule has 0 heterocycles. The van der Waals surface area contributed by atoms with Gasteiger partial charge in [-0.25, -0.2) is 9.18 Å². The molecule has 2 atom stereocenters. The van der Waals surface area contributed by atoms with Gasteiger partial charge in [0.05, 0.1) is 0 Å². The van der Waals surface area contributed by atoms with Crippen LogP contribution in [0.4, 0.5) is 4.39 Å². The minimum absolute atomic E-state index is 0.190. The van der Waals surface area contributed by atoms with Crippen LogP contribution in [0.3, 0.4) is 0 Å². The van der Waals surface area contributed by atoms with Crippen molar-refractivity contribution in [2.45, 2.75) is 32.7 Å². The standard InChI is InChI=1S/C23H26ClFN2O4/c1-3-15(2)21(27-22(29)17-6-8-18(24)9-7-17)23(30)31-14-20(28)26-13-12-16-4-10-19(25)11-5-16/h4-11,15,21H,3,12-14H2,1-2H3,(H,26,28)(H,27,29)/t15-,21-/m0/s1. The maximum absolute atomic E-state index is 12.9. The summed E-state index contributed by atoms with van der Waals surface area (Å²) in [4.78, 5) is 37.0. The predicted molar refractivity (Wildman–Crippen MR) is 116 cm³/mol. The fourth-order valence-corrected chi connectivity index (χ4v) is 2.90. The molecule has 0 saturated heterocycles. The topological polar surface area (TPSA) is 84.5 Å². The van der Waals surface area contributed by atoms with E-state index >= 15 is 0 Å². The number of carbonyl (C=O) groups excluding carboxylic acids is 3. The molecule has 2 aromatic rings. The van der Waals surface area contributed by atoms with Crippen molar-refractivity contribution in [3.8, 4) is 0 Å². The molecule has 8 heteroatoms. The summed E-state index contributed by atoms with van der Waals surface area (Å²) in [6, 6.07) is 11.4. The number of hydrogen-bond donors (Lipinski definition) is 2. The van der Waals surface area contributed by atoms with Gasteiger partial charge in [0.25, 0.3) is 11.8 Å². The Morgan fingerprint density at radius 3 is 2.32 bits per heavy atom. The van der Waals surface area contributed by atoms with Crippen molar-refractivity contribution in [1.29, 1.82) is 0 Å². The zero-order chi connectivity index (χ0) is 22.8. The smallest absolute Gasteiger partial charge is 0.329 e.